The zero-order valence-corrected chi connectivity index (χ0v) is 21.1. The van der Waals surface area contributed by atoms with Crippen LogP contribution in [0.2, 0.25) is 0 Å². The van der Waals surface area contributed by atoms with Crippen LogP contribution in [0.4, 0.5) is 8.78 Å². The number of benzene rings is 2. The Morgan fingerprint density at radius 3 is 2.24 bits per heavy atom. The first kappa shape index (κ1) is 30.0. The van der Waals surface area contributed by atoms with Crippen LogP contribution >= 0.6 is 0 Å². The minimum absolute atomic E-state index is 0.120. The van der Waals surface area contributed by atoms with Crippen LogP contribution in [0.15, 0.2) is 66.0 Å². The molecule has 3 atom stereocenters. The molecule has 2 aromatic carbocycles. The highest BCUT2D eigenvalue weighted by Crippen LogP contribution is 2.25. The van der Waals surface area contributed by atoms with Crippen molar-refractivity contribution in [1.29, 1.82) is 0 Å². The fraction of sp³-hybridized carbons (Fsp3) is 0.296. The summed E-state index contributed by atoms with van der Waals surface area (Å²) < 4.78 is 28.2. The SMILES string of the molecule is C/C=C\C(CC(NC(=O)C(N)Cc1ccccc1F)C(=O)NC(Cc1ccc(O)c(O)c1)C(N)=O)=C(/C)F. The van der Waals surface area contributed by atoms with Gasteiger partial charge in [0.05, 0.1) is 6.04 Å². The quantitative estimate of drug-likeness (QED) is 0.181. The van der Waals surface area contributed by atoms with Gasteiger partial charge in [-0.25, -0.2) is 8.78 Å². The smallest absolute Gasteiger partial charge is 0.243 e. The van der Waals surface area contributed by atoms with Crippen LogP contribution in [-0.2, 0) is 27.2 Å². The Labute approximate surface area is 219 Å². The van der Waals surface area contributed by atoms with Crippen LogP contribution in [0, 0.1) is 5.82 Å². The highest BCUT2D eigenvalue weighted by Gasteiger charge is 2.29. The first-order chi connectivity index (χ1) is 17.9. The minimum Gasteiger partial charge on any atom is -0.504 e. The van der Waals surface area contributed by atoms with Crippen molar-refractivity contribution in [3.8, 4) is 11.5 Å². The van der Waals surface area contributed by atoms with Gasteiger partial charge in [-0.3, -0.25) is 14.4 Å². The molecular weight excluding hydrogens is 498 g/mol. The van der Waals surface area contributed by atoms with Crippen molar-refractivity contribution in [2.24, 2.45) is 11.5 Å². The third-order valence-electron chi connectivity index (χ3n) is 5.74. The van der Waals surface area contributed by atoms with E-state index in [1.54, 1.807) is 19.1 Å². The summed E-state index contributed by atoms with van der Waals surface area (Å²) in [5.41, 5.74) is 12.1. The first-order valence-electron chi connectivity index (χ1n) is 11.8. The number of phenols is 2. The lowest BCUT2D eigenvalue weighted by molar-refractivity contribution is -0.131. The topological polar surface area (TPSA) is 168 Å². The molecular formula is C27H32F2N4O5. The van der Waals surface area contributed by atoms with Crippen molar-refractivity contribution < 1.29 is 33.4 Å². The molecule has 204 valence electrons. The van der Waals surface area contributed by atoms with E-state index in [9.17, 15) is 33.4 Å². The van der Waals surface area contributed by atoms with E-state index in [0.29, 0.717) is 5.56 Å². The van der Waals surface area contributed by atoms with Crippen molar-refractivity contribution >= 4 is 17.7 Å². The summed E-state index contributed by atoms with van der Waals surface area (Å²) >= 11 is 0. The minimum atomic E-state index is -1.36. The molecule has 0 heterocycles. The Bertz CT molecular complexity index is 1230. The molecule has 8 N–H and O–H groups in total. The van der Waals surface area contributed by atoms with Crippen molar-refractivity contribution in [3.05, 3.63) is 83.0 Å². The van der Waals surface area contributed by atoms with Crippen LogP contribution in [0.25, 0.3) is 0 Å². The summed E-state index contributed by atoms with van der Waals surface area (Å²) in [7, 11) is 0. The molecule has 38 heavy (non-hydrogen) atoms. The number of primary amides is 1. The lowest BCUT2D eigenvalue weighted by atomic mass is 10.0. The van der Waals surface area contributed by atoms with Gasteiger partial charge < -0.3 is 32.3 Å². The van der Waals surface area contributed by atoms with Gasteiger partial charge in [-0.1, -0.05) is 36.4 Å². The van der Waals surface area contributed by atoms with Gasteiger partial charge in [-0.15, -0.1) is 0 Å². The molecule has 2 rings (SSSR count). The second-order valence-corrected chi connectivity index (χ2v) is 8.72. The molecule has 2 aromatic rings. The van der Waals surface area contributed by atoms with Gasteiger partial charge >= 0.3 is 0 Å². The fourth-order valence-corrected chi connectivity index (χ4v) is 3.65. The Kier molecular flexibility index (Phi) is 11.0. The largest absolute Gasteiger partial charge is 0.504 e. The van der Waals surface area contributed by atoms with E-state index in [-0.39, 0.29) is 36.1 Å². The standard InChI is InChI=1S/C27H32F2N4O5/c1-3-6-17(15(2)28)14-22(33-26(37)20(30)13-18-7-4-5-8-19(18)29)27(38)32-21(25(31)36)11-16-9-10-23(34)24(35)12-16/h3-10,12,20-22,34-35H,11,13-14,30H2,1-2H3,(H2,31,36)(H,32,38)(H,33,37)/b6-3-,17-15-. The Balaban J connectivity index is 2.26. The molecule has 0 aliphatic rings. The number of rotatable bonds is 12. The van der Waals surface area contributed by atoms with Gasteiger partial charge in [0.2, 0.25) is 17.7 Å². The number of halogens is 2. The summed E-state index contributed by atoms with van der Waals surface area (Å²) in [6, 6.07) is 5.78. The van der Waals surface area contributed by atoms with E-state index in [2.05, 4.69) is 10.6 Å². The molecule has 0 bridgehead atoms. The molecule has 0 aromatic heterocycles. The third kappa shape index (κ3) is 8.70. The number of nitrogens with one attached hydrogen (secondary N) is 2. The van der Waals surface area contributed by atoms with Crippen molar-refractivity contribution in [2.75, 3.05) is 0 Å². The predicted octanol–water partition coefficient (Wildman–Crippen LogP) is 2.01. The van der Waals surface area contributed by atoms with Crippen LogP contribution in [0.1, 0.15) is 31.4 Å². The highest BCUT2D eigenvalue weighted by atomic mass is 19.1. The number of carbonyl (C=O) groups is 3. The summed E-state index contributed by atoms with van der Waals surface area (Å²) in [5, 5.41) is 24.1. The molecule has 0 aliphatic carbocycles. The van der Waals surface area contributed by atoms with E-state index >= 15 is 0 Å². The molecule has 0 aliphatic heterocycles. The van der Waals surface area contributed by atoms with Gasteiger partial charge in [-0.05, 0) is 55.2 Å². The van der Waals surface area contributed by atoms with Crippen molar-refractivity contribution in [2.45, 2.75) is 51.2 Å². The average molecular weight is 531 g/mol. The van der Waals surface area contributed by atoms with Crippen molar-refractivity contribution in [3.63, 3.8) is 0 Å². The van der Waals surface area contributed by atoms with Crippen LogP contribution < -0.4 is 22.1 Å². The lowest BCUT2D eigenvalue weighted by Crippen LogP contribution is -2.56. The van der Waals surface area contributed by atoms with Gasteiger partial charge in [0.1, 0.15) is 23.7 Å². The molecule has 11 heteroatoms. The van der Waals surface area contributed by atoms with Gasteiger partial charge in [0, 0.05) is 12.8 Å². The zero-order valence-electron chi connectivity index (χ0n) is 21.1. The van der Waals surface area contributed by atoms with E-state index in [4.69, 9.17) is 11.5 Å². The lowest BCUT2D eigenvalue weighted by Gasteiger charge is -2.24. The van der Waals surface area contributed by atoms with Gasteiger partial charge in [-0.2, -0.15) is 0 Å². The Morgan fingerprint density at radius 1 is 1.00 bits per heavy atom. The van der Waals surface area contributed by atoms with E-state index in [0.717, 1.165) is 0 Å². The molecule has 9 nitrogen and oxygen atoms in total. The zero-order chi connectivity index (χ0) is 28.4. The summed E-state index contributed by atoms with van der Waals surface area (Å²) in [4.78, 5) is 38.1. The maximum absolute atomic E-state index is 14.2. The highest BCUT2D eigenvalue weighted by molar-refractivity contribution is 5.93. The number of nitrogens with two attached hydrogens (primary N) is 2. The molecule has 3 amide bonds. The first-order valence-corrected chi connectivity index (χ1v) is 11.8. The van der Waals surface area contributed by atoms with E-state index in [1.165, 1.54) is 49.4 Å². The summed E-state index contributed by atoms with van der Waals surface area (Å²) in [6.07, 6.45) is 2.43. The molecule has 0 saturated carbocycles. The monoisotopic (exact) mass is 530 g/mol. The maximum atomic E-state index is 14.2. The molecule has 0 radical (unpaired) electrons. The Morgan fingerprint density at radius 2 is 1.66 bits per heavy atom. The molecule has 3 unspecified atom stereocenters. The van der Waals surface area contributed by atoms with E-state index in [1.807, 2.05) is 0 Å². The Hall–Kier alpha value is -4.25. The summed E-state index contributed by atoms with van der Waals surface area (Å²) in [5.74, 6) is -4.45. The number of aromatic hydroxyl groups is 2. The average Bonchev–Trinajstić information content (AvgIpc) is 2.85. The number of phenolic OH excluding ortho intramolecular Hbond substituents is 2. The second-order valence-electron chi connectivity index (χ2n) is 8.72. The summed E-state index contributed by atoms with van der Waals surface area (Å²) in [6.45, 7) is 2.84. The molecule has 0 fully saturated rings. The fourth-order valence-electron chi connectivity index (χ4n) is 3.65. The van der Waals surface area contributed by atoms with Crippen LogP contribution in [-0.4, -0.2) is 46.1 Å². The molecule has 0 spiro atoms. The normalized spacial score (nSPS) is 14.3. The van der Waals surface area contributed by atoms with Crippen LogP contribution in [0.3, 0.4) is 0 Å². The number of carbonyl (C=O) groups excluding carboxylic acids is 3. The second kappa shape index (κ2) is 13.9. The van der Waals surface area contributed by atoms with Crippen LogP contribution in [0.5, 0.6) is 11.5 Å². The van der Waals surface area contributed by atoms with Gasteiger partial charge in [0.15, 0.2) is 11.5 Å². The predicted molar refractivity (Wildman–Crippen MR) is 138 cm³/mol. The molecule has 0 saturated heterocycles. The van der Waals surface area contributed by atoms with Crippen molar-refractivity contribution in [1.82, 2.24) is 10.6 Å². The number of hydrogen-bond acceptors (Lipinski definition) is 6. The van der Waals surface area contributed by atoms with E-state index < -0.39 is 53.2 Å². The number of amides is 3. The maximum Gasteiger partial charge on any atom is 0.243 e. The number of hydrogen-bond donors (Lipinski definition) is 6. The van der Waals surface area contributed by atoms with Gasteiger partial charge in [0.25, 0.3) is 0 Å². The third-order valence-corrected chi connectivity index (χ3v) is 5.74. The number of allylic oxidation sites excluding steroid dienone is 3.